The lowest BCUT2D eigenvalue weighted by Crippen LogP contribution is -2.56. The van der Waals surface area contributed by atoms with Crippen molar-refractivity contribution in [2.24, 2.45) is 0 Å². The van der Waals surface area contributed by atoms with E-state index in [4.69, 9.17) is 0 Å². The lowest BCUT2D eigenvalue weighted by molar-refractivity contribution is 0.0711. The van der Waals surface area contributed by atoms with Gasteiger partial charge in [0, 0.05) is 11.0 Å². The quantitative estimate of drug-likeness (QED) is 0.856. The second-order valence-electron chi connectivity index (χ2n) is 4.91. The summed E-state index contributed by atoms with van der Waals surface area (Å²) in [5.41, 5.74) is 0.980. The Hall–Kier alpha value is -0.540. The molecule has 2 nitrogen and oxygen atoms in total. The molecule has 0 aromatic heterocycles. The summed E-state index contributed by atoms with van der Waals surface area (Å²) in [5, 5.41) is 10.1. The van der Waals surface area contributed by atoms with Crippen LogP contribution in [0.3, 0.4) is 0 Å². The van der Waals surface area contributed by atoms with Gasteiger partial charge in [-0.3, -0.25) is 0 Å². The molecule has 0 amide bonds. The molecule has 1 aromatic rings. The maximum absolute atomic E-state index is 10.1. The minimum absolute atomic E-state index is 0.192. The van der Waals surface area contributed by atoms with Gasteiger partial charge in [0.25, 0.3) is 0 Å². The van der Waals surface area contributed by atoms with E-state index in [-0.39, 0.29) is 11.6 Å². The zero-order valence-electron chi connectivity index (χ0n) is 9.78. The predicted molar refractivity (Wildman–Crippen MR) is 70.8 cm³/mol. The van der Waals surface area contributed by atoms with Crippen molar-refractivity contribution in [3.05, 3.63) is 28.7 Å². The van der Waals surface area contributed by atoms with Crippen molar-refractivity contribution < 1.29 is 5.11 Å². The third kappa shape index (κ3) is 1.98. The summed E-state index contributed by atoms with van der Waals surface area (Å²) in [5.74, 6) is 0. The second kappa shape index (κ2) is 4.38. The van der Waals surface area contributed by atoms with Crippen LogP contribution in [0.2, 0.25) is 0 Å². The summed E-state index contributed by atoms with van der Waals surface area (Å²) in [6.45, 7) is 5.22. The molecule has 1 aliphatic rings. The van der Waals surface area contributed by atoms with Crippen LogP contribution in [0.4, 0.5) is 5.69 Å². The van der Waals surface area contributed by atoms with Gasteiger partial charge in [-0.25, -0.2) is 0 Å². The van der Waals surface area contributed by atoms with E-state index in [9.17, 15) is 5.11 Å². The number of aliphatic hydroxyl groups excluding tert-OH is 1. The van der Waals surface area contributed by atoms with Crippen molar-refractivity contribution in [2.75, 3.05) is 11.4 Å². The highest BCUT2D eigenvalue weighted by molar-refractivity contribution is 9.10. The van der Waals surface area contributed by atoms with E-state index in [1.54, 1.807) is 0 Å². The van der Waals surface area contributed by atoms with Crippen molar-refractivity contribution in [3.8, 4) is 0 Å². The van der Waals surface area contributed by atoms with Crippen LogP contribution in [0.1, 0.15) is 26.7 Å². The molecule has 0 radical (unpaired) electrons. The van der Waals surface area contributed by atoms with Crippen molar-refractivity contribution in [1.29, 1.82) is 0 Å². The highest BCUT2D eigenvalue weighted by Gasteiger charge is 2.38. The first-order valence-corrected chi connectivity index (χ1v) is 6.53. The topological polar surface area (TPSA) is 23.5 Å². The second-order valence-corrected chi connectivity index (χ2v) is 5.77. The number of benzene rings is 1. The number of para-hydroxylation sites is 1. The van der Waals surface area contributed by atoms with Gasteiger partial charge in [0.05, 0.1) is 17.3 Å². The van der Waals surface area contributed by atoms with Gasteiger partial charge in [0.15, 0.2) is 0 Å². The van der Waals surface area contributed by atoms with Crippen molar-refractivity contribution in [1.82, 2.24) is 0 Å². The summed E-state index contributed by atoms with van der Waals surface area (Å²) in [6, 6.07) is 8.20. The van der Waals surface area contributed by atoms with Gasteiger partial charge < -0.3 is 10.0 Å². The van der Waals surface area contributed by atoms with Crippen LogP contribution in [0.15, 0.2) is 28.7 Å². The average Bonchev–Trinajstić information content (AvgIpc) is 2.24. The Morgan fingerprint density at radius 2 is 2.06 bits per heavy atom. The number of hydrogen-bond acceptors (Lipinski definition) is 2. The van der Waals surface area contributed by atoms with Gasteiger partial charge in [0.2, 0.25) is 0 Å². The van der Waals surface area contributed by atoms with Crippen molar-refractivity contribution in [3.63, 3.8) is 0 Å². The lowest BCUT2D eigenvalue weighted by atomic mass is 9.87. The first-order valence-electron chi connectivity index (χ1n) is 5.73. The van der Waals surface area contributed by atoms with E-state index in [0.717, 1.165) is 23.9 Å². The van der Waals surface area contributed by atoms with Crippen LogP contribution in [0.25, 0.3) is 0 Å². The Balaban J connectivity index is 2.36. The molecule has 1 atom stereocenters. The fraction of sp³-hybridized carbons (Fsp3) is 0.538. The molecule has 88 valence electrons. The first kappa shape index (κ1) is 11.9. The van der Waals surface area contributed by atoms with Crippen LogP contribution < -0.4 is 4.90 Å². The standard InChI is InChI=1S/C13H18BrNO/c1-13(2)12(16)8-5-9-15(13)11-7-4-3-6-10(11)14/h3-4,6-7,12,16H,5,8-9H2,1-2H3. The van der Waals surface area contributed by atoms with Gasteiger partial charge in [0.1, 0.15) is 0 Å². The molecule has 1 fully saturated rings. The summed E-state index contributed by atoms with van der Waals surface area (Å²) in [7, 11) is 0. The number of rotatable bonds is 1. The Kier molecular flexibility index (Phi) is 3.27. The van der Waals surface area contributed by atoms with E-state index in [1.807, 2.05) is 18.2 Å². The van der Waals surface area contributed by atoms with Crippen LogP contribution in [0.5, 0.6) is 0 Å². The first-order chi connectivity index (χ1) is 7.53. The molecule has 1 heterocycles. The fourth-order valence-corrected chi connectivity index (χ4v) is 2.86. The Bertz CT molecular complexity index is 378. The molecule has 0 saturated carbocycles. The van der Waals surface area contributed by atoms with Gasteiger partial charge in [-0.2, -0.15) is 0 Å². The van der Waals surface area contributed by atoms with E-state index in [2.05, 4.69) is 40.7 Å². The minimum Gasteiger partial charge on any atom is -0.391 e. The van der Waals surface area contributed by atoms with Crippen LogP contribution in [0, 0.1) is 0 Å². The Morgan fingerprint density at radius 1 is 1.38 bits per heavy atom. The van der Waals surface area contributed by atoms with E-state index in [0.29, 0.717) is 0 Å². The summed E-state index contributed by atoms with van der Waals surface area (Å²) < 4.78 is 1.09. The fourth-order valence-electron chi connectivity index (χ4n) is 2.37. The zero-order chi connectivity index (χ0) is 11.8. The summed E-state index contributed by atoms with van der Waals surface area (Å²) >= 11 is 3.58. The monoisotopic (exact) mass is 283 g/mol. The molecule has 1 aliphatic heterocycles. The molecule has 16 heavy (non-hydrogen) atoms. The molecular formula is C13H18BrNO. The molecule has 1 saturated heterocycles. The third-order valence-electron chi connectivity index (χ3n) is 3.51. The van der Waals surface area contributed by atoms with Gasteiger partial charge in [-0.1, -0.05) is 12.1 Å². The maximum Gasteiger partial charge on any atom is 0.0767 e. The van der Waals surface area contributed by atoms with Crippen LogP contribution in [-0.2, 0) is 0 Å². The molecule has 0 spiro atoms. The number of hydrogen-bond donors (Lipinski definition) is 1. The molecule has 1 aromatic carbocycles. The summed E-state index contributed by atoms with van der Waals surface area (Å²) in [6.07, 6.45) is 1.69. The van der Waals surface area contributed by atoms with Gasteiger partial charge in [-0.15, -0.1) is 0 Å². The maximum atomic E-state index is 10.1. The molecule has 2 rings (SSSR count). The SMILES string of the molecule is CC1(C)C(O)CCCN1c1ccccc1Br. The normalized spacial score (nSPS) is 24.5. The molecule has 3 heteroatoms. The smallest absolute Gasteiger partial charge is 0.0767 e. The zero-order valence-corrected chi connectivity index (χ0v) is 11.4. The Morgan fingerprint density at radius 3 is 2.75 bits per heavy atom. The molecule has 0 aliphatic carbocycles. The van der Waals surface area contributed by atoms with Crippen molar-refractivity contribution in [2.45, 2.75) is 38.3 Å². The minimum atomic E-state index is -0.256. The predicted octanol–water partition coefficient (Wildman–Crippen LogP) is 3.19. The highest BCUT2D eigenvalue weighted by atomic mass is 79.9. The molecular weight excluding hydrogens is 266 g/mol. The van der Waals surface area contributed by atoms with Crippen molar-refractivity contribution >= 4 is 21.6 Å². The molecule has 1 unspecified atom stereocenters. The Labute approximate surface area is 105 Å². The summed E-state index contributed by atoms with van der Waals surface area (Å²) in [4.78, 5) is 2.30. The van der Waals surface area contributed by atoms with E-state index < -0.39 is 0 Å². The lowest BCUT2D eigenvalue weighted by Gasteiger charge is -2.47. The molecule has 1 N–H and O–H groups in total. The van der Waals surface area contributed by atoms with E-state index in [1.165, 1.54) is 5.69 Å². The number of halogens is 1. The number of aliphatic hydroxyl groups is 1. The number of anilines is 1. The molecule has 0 bridgehead atoms. The van der Waals surface area contributed by atoms with Gasteiger partial charge >= 0.3 is 0 Å². The average molecular weight is 284 g/mol. The highest BCUT2D eigenvalue weighted by Crippen LogP contribution is 2.36. The van der Waals surface area contributed by atoms with Gasteiger partial charge in [-0.05, 0) is 54.8 Å². The largest absolute Gasteiger partial charge is 0.391 e. The van der Waals surface area contributed by atoms with Crippen LogP contribution >= 0.6 is 15.9 Å². The van der Waals surface area contributed by atoms with Crippen LogP contribution in [-0.4, -0.2) is 23.3 Å². The number of nitrogens with zero attached hydrogens (tertiary/aromatic N) is 1. The number of piperidine rings is 1. The van der Waals surface area contributed by atoms with E-state index >= 15 is 0 Å². The third-order valence-corrected chi connectivity index (χ3v) is 4.18.